The zero-order valence-corrected chi connectivity index (χ0v) is 19.0. The van der Waals surface area contributed by atoms with E-state index in [-0.39, 0.29) is 17.6 Å². The average molecular weight is 442 g/mol. The first kappa shape index (κ1) is 21.4. The second-order valence-electron chi connectivity index (χ2n) is 9.24. The van der Waals surface area contributed by atoms with Crippen LogP contribution in [0, 0.1) is 5.82 Å². The van der Waals surface area contributed by atoms with Gasteiger partial charge in [0.05, 0.1) is 11.0 Å². The number of likely N-dealkylation sites (tertiary alicyclic amines) is 1. The van der Waals surface area contributed by atoms with Gasteiger partial charge in [-0.15, -0.1) is 0 Å². The Kier molecular flexibility index (Phi) is 5.71. The van der Waals surface area contributed by atoms with Crippen molar-refractivity contribution in [2.24, 2.45) is 0 Å². The average Bonchev–Trinajstić information content (AvgIpc) is 3.36. The molecular weight excluding hydrogens is 413 g/mol. The van der Waals surface area contributed by atoms with Gasteiger partial charge in [-0.3, -0.25) is 4.79 Å². The molecule has 0 radical (unpaired) electrons. The molecule has 1 aliphatic heterocycles. The molecule has 3 aromatic carbocycles. The monoisotopic (exact) mass is 441 g/mol. The molecule has 33 heavy (non-hydrogen) atoms. The molecule has 0 spiro atoms. The van der Waals surface area contributed by atoms with Gasteiger partial charge in [0.15, 0.2) is 0 Å². The van der Waals surface area contributed by atoms with E-state index in [1.54, 1.807) is 12.1 Å². The molecule has 0 saturated carbocycles. The normalized spacial score (nSPS) is 16.3. The largest absolute Gasteiger partial charge is 0.338 e. The van der Waals surface area contributed by atoms with Crippen molar-refractivity contribution >= 4 is 16.9 Å². The Labute approximate surface area is 193 Å². The Morgan fingerprint density at radius 2 is 1.61 bits per heavy atom. The van der Waals surface area contributed by atoms with E-state index < -0.39 is 0 Å². The summed E-state index contributed by atoms with van der Waals surface area (Å²) in [5.74, 6) is 1.34. The van der Waals surface area contributed by atoms with E-state index in [1.807, 2.05) is 23.1 Å². The number of carbonyl (C=O) groups excluding carboxylic acids is 1. The molecule has 2 heterocycles. The third-order valence-corrected chi connectivity index (χ3v) is 6.54. The van der Waals surface area contributed by atoms with Gasteiger partial charge in [0, 0.05) is 32.0 Å². The lowest BCUT2D eigenvalue weighted by Crippen LogP contribution is -2.24. The minimum absolute atomic E-state index is 0.0280. The lowest BCUT2D eigenvalue weighted by molar-refractivity contribution is -0.128. The highest BCUT2D eigenvalue weighted by Gasteiger charge is 2.34. The molecule has 5 heteroatoms. The van der Waals surface area contributed by atoms with Crippen LogP contribution in [0.4, 0.5) is 4.39 Å². The SMILES string of the molecule is CC(C)c1ccc(Cn2c(C3CC(=O)N(Cc4ccc(F)cc4)C3)nc3ccccc32)cc1. The van der Waals surface area contributed by atoms with E-state index in [4.69, 9.17) is 4.98 Å². The van der Waals surface area contributed by atoms with E-state index in [1.165, 1.54) is 23.3 Å². The number of aromatic nitrogens is 2. The van der Waals surface area contributed by atoms with Gasteiger partial charge in [0.1, 0.15) is 11.6 Å². The van der Waals surface area contributed by atoms with Gasteiger partial charge < -0.3 is 9.47 Å². The molecule has 0 aliphatic carbocycles. The smallest absolute Gasteiger partial charge is 0.223 e. The van der Waals surface area contributed by atoms with Crippen LogP contribution in [-0.4, -0.2) is 26.9 Å². The van der Waals surface area contributed by atoms with Crippen molar-refractivity contribution in [1.82, 2.24) is 14.5 Å². The lowest BCUT2D eigenvalue weighted by Gasteiger charge is -2.18. The topological polar surface area (TPSA) is 38.1 Å². The Bertz CT molecular complexity index is 1280. The maximum atomic E-state index is 13.3. The zero-order chi connectivity index (χ0) is 22.9. The van der Waals surface area contributed by atoms with Crippen molar-refractivity contribution in [3.8, 4) is 0 Å². The second kappa shape index (κ2) is 8.81. The summed E-state index contributed by atoms with van der Waals surface area (Å²) < 4.78 is 15.5. The van der Waals surface area contributed by atoms with Crippen molar-refractivity contribution in [3.05, 3.63) is 101 Å². The zero-order valence-electron chi connectivity index (χ0n) is 19.0. The predicted octanol–water partition coefficient (Wildman–Crippen LogP) is 5.86. The minimum atomic E-state index is -0.264. The predicted molar refractivity (Wildman–Crippen MR) is 129 cm³/mol. The standard InChI is InChI=1S/C28H28FN3O/c1-19(2)22-11-7-21(8-12-22)17-32-26-6-4-3-5-25(26)30-28(32)23-15-27(33)31(18-23)16-20-9-13-24(29)14-10-20/h3-14,19,23H,15-18H2,1-2H3. The summed E-state index contributed by atoms with van der Waals surface area (Å²) in [5, 5.41) is 0. The number of benzene rings is 3. The van der Waals surface area contributed by atoms with Gasteiger partial charge >= 0.3 is 0 Å². The fraction of sp³-hybridized carbons (Fsp3) is 0.286. The highest BCUT2D eigenvalue weighted by Crippen LogP contribution is 2.32. The molecular formula is C28H28FN3O. The van der Waals surface area contributed by atoms with Crippen molar-refractivity contribution in [2.45, 2.75) is 45.2 Å². The molecule has 1 amide bonds. The van der Waals surface area contributed by atoms with Crippen LogP contribution in [0.3, 0.4) is 0 Å². The number of amides is 1. The van der Waals surface area contributed by atoms with Crippen LogP contribution < -0.4 is 0 Å². The maximum Gasteiger partial charge on any atom is 0.223 e. The molecule has 1 unspecified atom stereocenters. The van der Waals surface area contributed by atoms with E-state index in [2.05, 4.69) is 48.7 Å². The molecule has 1 aliphatic rings. The molecule has 1 aromatic heterocycles. The van der Waals surface area contributed by atoms with Crippen LogP contribution in [0.1, 0.15) is 54.6 Å². The Morgan fingerprint density at radius 1 is 0.939 bits per heavy atom. The van der Waals surface area contributed by atoms with Gasteiger partial charge in [-0.2, -0.15) is 0 Å². The van der Waals surface area contributed by atoms with E-state index in [0.29, 0.717) is 25.4 Å². The van der Waals surface area contributed by atoms with Gasteiger partial charge in [-0.05, 0) is 46.9 Å². The van der Waals surface area contributed by atoms with E-state index in [9.17, 15) is 9.18 Å². The summed E-state index contributed by atoms with van der Waals surface area (Å²) in [7, 11) is 0. The van der Waals surface area contributed by atoms with Crippen molar-refractivity contribution in [2.75, 3.05) is 6.54 Å². The van der Waals surface area contributed by atoms with Gasteiger partial charge in [0.2, 0.25) is 5.91 Å². The molecule has 4 aromatic rings. The fourth-order valence-corrected chi connectivity index (χ4v) is 4.67. The Morgan fingerprint density at radius 3 is 2.33 bits per heavy atom. The molecule has 168 valence electrons. The summed E-state index contributed by atoms with van der Waals surface area (Å²) in [6, 6.07) is 23.3. The summed E-state index contributed by atoms with van der Waals surface area (Å²) in [5.41, 5.74) is 5.52. The number of para-hydroxylation sites is 2. The number of hydrogen-bond acceptors (Lipinski definition) is 2. The number of hydrogen-bond donors (Lipinski definition) is 0. The molecule has 5 rings (SSSR count). The number of nitrogens with zero attached hydrogens (tertiary/aromatic N) is 3. The third kappa shape index (κ3) is 4.40. The maximum absolute atomic E-state index is 13.3. The molecule has 0 N–H and O–H groups in total. The van der Waals surface area contributed by atoms with Crippen LogP contribution in [0.2, 0.25) is 0 Å². The highest BCUT2D eigenvalue weighted by atomic mass is 19.1. The van der Waals surface area contributed by atoms with Crippen LogP contribution in [0.5, 0.6) is 0 Å². The van der Waals surface area contributed by atoms with Gasteiger partial charge in [-0.1, -0.05) is 62.4 Å². The first-order valence-electron chi connectivity index (χ1n) is 11.5. The van der Waals surface area contributed by atoms with E-state index in [0.717, 1.165) is 29.0 Å². The second-order valence-corrected chi connectivity index (χ2v) is 9.24. The van der Waals surface area contributed by atoms with E-state index >= 15 is 0 Å². The number of carbonyl (C=O) groups is 1. The number of fused-ring (bicyclic) bond motifs is 1. The van der Waals surface area contributed by atoms with Crippen LogP contribution in [0.25, 0.3) is 11.0 Å². The fourth-order valence-electron chi connectivity index (χ4n) is 4.67. The number of halogens is 1. The van der Waals surface area contributed by atoms with Crippen LogP contribution >= 0.6 is 0 Å². The summed E-state index contributed by atoms with van der Waals surface area (Å²) in [6.45, 7) is 6.23. The van der Waals surface area contributed by atoms with Crippen molar-refractivity contribution < 1.29 is 9.18 Å². The third-order valence-electron chi connectivity index (χ3n) is 6.54. The Hall–Kier alpha value is -3.47. The summed E-state index contributed by atoms with van der Waals surface area (Å²) in [6.07, 6.45) is 0.441. The summed E-state index contributed by atoms with van der Waals surface area (Å²) >= 11 is 0. The molecule has 1 saturated heterocycles. The van der Waals surface area contributed by atoms with Crippen molar-refractivity contribution in [1.29, 1.82) is 0 Å². The van der Waals surface area contributed by atoms with Crippen molar-refractivity contribution in [3.63, 3.8) is 0 Å². The highest BCUT2D eigenvalue weighted by molar-refractivity contribution is 5.81. The summed E-state index contributed by atoms with van der Waals surface area (Å²) in [4.78, 5) is 19.6. The minimum Gasteiger partial charge on any atom is -0.338 e. The number of rotatable bonds is 6. The molecule has 1 fully saturated rings. The van der Waals surface area contributed by atoms with Gasteiger partial charge in [0.25, 0.3) is 0 Å². The Balaban J connectivity index is 1.43. The van der Waals surface area contributed by atoms with Crippen LogP contribution in [-0.2, 0) is 17.9 Å². The molecule has 0 bridgehead atoms. The first-order chi connectivity index (χ1) is 16.0. The number of imidazole rings is 1. The molecule has 4 nitrogen and oxygen atoms in total. The van der Waals surface area contributed by atoms with Gasteiger partial charge in [-0.25, -0.2) is 9.37 Å². The quantitative estimate of drug-likeness (QED) is 0.376. The first-order valence-corrected chi connectivity index (χ1v) is 11.5. The molecule has 1 atom stereocenters. The van der Waals surface area contributed by atoms with Crippen LogP contribution in [0.15, 0.2) is 72.8 Å². The lowest BCUT2D eigenvalue weighted by atomic mass is 10.0.